The van der Waals surface area contributed by atoms with Crippen LogP contribution >= 0.6 is 27.3 Å². The molecule has 1 atom stereocenters. The first-order chi connectivity index (χ1) is 9.32. The summed E-state index contributed by atoms with van der Waals surface area (Å²) in [5, 5.41) is 11.6. The molecule has 0 saturated heterocycles. The zero-order chi connectivity index (χ0) is 15.3. The lowest BCUT2D eigenvalue weighted by molar-refractivity contribution is -0.141. The van der Waals surface area contributed by atoms with Crippen LogP contribution in [0, 0.1) is 0 Å². The fourth-order valence-electron chi connectivity index (χ4n) is 1.53. The number of amides is 2. The standard InChI is InChI=1S/C12H15BrN2O4S/c1-7(12(18)19)15(6-5-14-8(2)16)11(17)9-3-4-10(13)20-9/h3-4,7H,5-6H2,1-2H3,(H,14,16)(H,18,19). The molecular weight excluding hydrogens is 348 g/mol. The van der Waals surface area contributed by atoms with Crippen molar-refractivity contribution in [3.63, 3.8) is 0 Å². The Kier molecular flexibility index (Phi) is 6.15. The second kappa shape index (κ2) is 7.39. The maximum atomic E-state index is 12.3. The Morgan fingerprint density at radius 1 is 1.45 bits per heavy atom. The monoisotopic (exact) mass is 362 g/mol. The summed E-state index contributed by atoms with van der Waals surface area (Å²) in [4.78, 5) is 35.9. The summed E-state index contributed by atoms with van der Waals surface area (Å²) in [6, 6.07) is 2.41. The highest BCUT2D eigenvalue weighted by atomic mass is 79.9. The average molecular weight is 363 g/mol. The van der Waals surface area contributed by atoms with Gasteiger partial charge in [-0.2, -0.15) is 0 Å². The van der Waals surface area contributed by atoms with E-state index in [1.54, 1.807) is 12.1 Å². The van der Waals surface area contributed by atoms with Crippen molar-refractivity contribution in [2.75, 3.05) is 13.1 Å². The summed E-state index contributed by atoms with van der Waals surface area (Å²) in [5.74, 6) is -1.67. The number of aliphatic carboxylic acids is 1. The Morgan fingerprint density at radius 2 is 2.10 bits per heavy atom. The minimum atomic E-state index is -1.09. The zero-order valence-corrected chi connectivity index (χ0v) is 13.5. The van der Waals surface area contributed by atoms with Gasteiger partial charge in [0, 0.05) is 20.0 Å². The van der Waals surface area contributed by atoms with Crippen molar-refractivity contribution in [2.45, 2.75) is 19.9 Å². The number of halogens is 1. The van der Waals surface area contributed by atoms with Crippen LogP contribution in [0.15, 0.2) is 15.9 Å². The van der Waals surface area contributed by atoms with Crippen LogP contribution in [0.3, 0.4) is 0 Å². The molecule has 6 nitrogen and oxygen atoms in total. The van der Waals surface area contributed by atoms with Crippen LogP contribution in [0.5, 0.6) is 0 Å². The third-order valence-electron chi connectivity index (χ3n) is 2.60. The highest BCUT2D eigenvalue weighted by Crippen LogP contribution is 2.23. The lowest BCUT2D eigenvalue weighted by Gasteiger charge is -2.26. The molecule has 0 bridgehead atoms. The van der Waals surface area contributed by atoms with E-state index in [4.69, 9.17) is 5.11 Å². The number of hydrogen-bond donors (Lipinski definition) is 2. The fraction of sp³-hybridized carbons (Fsp3) is 0.417. The Hall–Kier alpha value is -1.41. The predicted molar refractivity (Wildman–Crippen MR) is 78.8 cm³/mol. The van der Waals surface area contributed by atoms with E-state index in [1.165, 1.54) is 30.1 Å². The highest BCUT2D eigenvalue weighted by molar-refractivity contribution is 9.11. The number of carboxylic acids is 1. The lowest BCUT2D eigenvalue weighted by atomic mass is 10.2. The van der Waals surface area contributed by atoms with E-state index in [-0.39, 0.29) is 24.9 Å². The highest BCUT2D eigenvalue weighted by Gasteiger charge is 2.27. The lowest BCUT2D eigenvalue weighted by Crippen LogP contribution is -2.46. The smallest absolute Gasteiger partial charge is 0.326 e. The Bertz CT molecular complexity index is 517. The number of carbonyl (C=O) groups is 3. The molecule has 1 aromatic heterocycles. The SMILES string of the molecule is CC(=O)NCCN(C(=O)c1ccc(Br)s1)C(C)C(=O)O. The van der Waals surface area contributed by atoms with E-state index in [1.807, 2.05) is 0 Å². The molecule has 0 spiro atoms. The molecule has 1 heterocycles. The van der Waals surface area contributed by atoms with Crippen LogP contribution in [-0.2, 0) is 9.59 Å². The number of rotatable bonds is 6. The van der Waals surface area contributed by atoms with Gasteiger partial charge in [-0.3, -0.25) is 9.59 Å². The molecular formula is C12H15BrN2O4S. The molecule has 110 valence electrons. The molecule has 0 radical (unpaired) electrons. The number of nitrogens with one attached hydrogen (secondary N) is 1. The van der Waals surface area contributed by atoms with Gasteiger partial charge in [0.05, 0.1) is 8.66 Å². The minimum Gasteiger partial charge on any atom is -0.480 e. The first-order valence-corrected chi connectivity index (χ1v) is 7.47. The van der Waals surface area contributed by atoms with Crippen molar-refractivity contribution in [1.82, 2.24) is 10.2 Å². The predicted octanol–water partition coefficient (Wildman–Crippen LogP) is 1.56. The molecule has 8 heteroatoms. The maximum absolute atomic E-state index is 12.3. The van der Waals surface area contributed by atoms with Crippen LogP contribution < -0.4 is 5.32 Å². The molecule has 1 rings (SSSR count). The molecule has 0 fully saturated rings. The van der Waals surface area contributed by atoms with Gasteiger partial charge in [0.15, 0.2) is 0 Å². The third-order valence-corrected chi connectivity index (χ3v) is 4.21. The second-order valence-corrected chi connectivity index (χ2v) is 6.56. The third kappa shape index (κ3) is 4.61. The summed E-state index contributed by atoms with van der Waals surface area (Å²) < 4.78 is 0.797. The van der Waals surface area contributed by atoms with Crippen molar-refractivity contribution in [2.24, 2.45) is 0 Å². The van der Waals surface area contributed by atoms with Crippen molar-refractivity contribution in [3.8, 4) is 0 Å². The number of carboxylic acid groups (broad SMARTS) is 1. The topological polar surface area (TPSA) is 86.7 Å². The van der Waals surface area contributed by atoms with E-state index in [2.05, 4.69) is 21.2 Å². The molecule has 0 aliphatic heterocycles. The second-order valence-electron chi connectivity index (χ2n) is 4.10. The fourth-order valence-corrected chi connectivity index (χ4v) is 2.87. The van der Waals surface area contributed by atoms with Gasteiger partial charge in [-0.05, 0) is 35.0 Å². The molecule has 0 aliphatic carbocycles. The Labute approximate surface area is 128 Å². The van der Waals surface area contributed by atoms with E-state index < -0.39 is 12.0 Å². The maximum Gasteiger partial charge on any atom is 0.326 e. The van der Waals surface area contributed by atoms with Crippen molar-refractivity contribution in [3.05, 3.63) is 20.8 Å². The van der Waals surface area contributed by atoms with Crippen molar-refractivity contribution < 1.29 is 19.5 Å². The first kappa shape index (κ1) is 16.6. The van der Waals surface area contributed by atoms with Crippen LogP contribution in [-0.4, -0.2) is 46.9 Å². The quantitative estimate of drug-likeness (QED) is 0.803. The molecule has 0 saturated carbocycles. The number of nitrogens with zero attached hydrogens (tertiary/aromatic N) is 1. The van der Waals surface area contributed by atoms with Gasteiger partial charge >= 0.3 is 5.97 Å². The van der Waals surface area contributed by atoms with E-state index >= 15 is 0 Å². The van der Waals surface area contributed by atoms with E-state index in [9.17, 15) is 14.4 Å². The summed E-state index contributed by atoms with van der Waals surface area (Å²) in [6.07, 6.45) is 0. The molecule has 0 aromatic carbocycles. The Morgan fingerprint density at radius 3 is 2.55 bits per heavy atom. The van der Waals surface area contributed by atoms with Gasteiger partial charge in [0.25, 0.3) is 5.91 Å². The Balaban J connectivity index is 2.83. The first-order valence-electron chi connectivity index (χ1n) is 5.86. The number of hydrogen-bond acceptors (Lipinski definition) is 4. The number of carbonyl (C=O) groups excluding carboxylic acids is 2. The van der Waals surface area contributed by atoms with Gasteiger partial charge in [-0.1, -0.05) is 0 Å². The summed E-state index contributed by atoms with van der Waals surface area (Å²) in [6.45, 7) is 3.16. The summed E-state index contributed by atoms with van der Waals surface area (Å²) >= 11 is 4.50. The van der Waals surface area contributed by atoms with Gasteiger partial charge in [0.2, 0.25) is 5.91 Å². The molecule has 0 aliphatic rings. The number of thiophene rings is 1. The average Bonchev–Trinajstić information content (AvgIpc) is 2.79. The molecule has 20 heavy (non-hydrogen) atoms. The molecule has 1 aromatic rings. The minimum absolute atomic E-state index is 0.140. The largest absolute Gasteiger partial charge is 0.480 e. The summed E-state index contributed by atoms with van der Waals surface area (Å²) in [7, 11) is 0. The van der Waals surface area contributed by atoms with Crippen LogP contribution in [0.2, 0.25) is 0 Å². The van der Waals surface area contributed by atoms with E-state index in [0.717, 1.165) is 3.79 Å². The summed E-state index contributed by atoms with van der Waals surface area (Å²) in [5.41, 5.74) is 0. The van der Waals surface area contributed by atoms with Crippen LogP contribution in [0.4, 0.5) is 0 Å². The van der Waals surface area contributed by atoms with Crippen molar-refractivity contribution in [1.29, 1.82) is 0 Å². The van der Waals surface area contributed by atoms with Gasteiger partial charge < -0.3 is 15.3 Å². The molecule has 1 unspecified atom stereocenters. The van der Waals surface area contributed by atoms with Gasteiger partial charge in [-0.15, -0.1) is 11.3 Å². The molecule has 2 N–H and O–H groups in total. The van der Waals surface area contributed by atoms with E-state index in [0.29, 0.717) is 4.88 Å². The van der Waals surface area contributed by atoms with Crippen LogP contribution in [0.25, 0.3) is 0 Å². The normalized spacial score (nSPS) is 11.8. The van der Waals surface area contributed by atoms with Gasteiger partial charge in [0.1, 0.15) is 6.04 Å². The van der Waals surface area contributed by atoms with Gasteiger partial charge in [-0.25, -0.2) is 4.79 Å². The van der Waals surface area contributed by atoms with Crippen LogP contribution in [0.1, 0.15) is 23.5 Å². The zero-order valence-electron chi connectivity index (χ0n) is 11.1. The molecule has 2 amide bonds. The van der Waals surface area contributed by atoms with Crippen molar-refractivity contribution >= 4 is 45.1 Å².